The Balaban J connectivity index is 1.65. The third-order valence-corrected chi connectivity index (χ3v) is 6.13. The van der Waals surface area contributed by atoms with E-state index in [1.807, 2.05) is 45.9 Å². The summed E-state index contributed by atoms with van der Waals surface area (Å²) in [6, 6.07) is 13.2. The van der Waals surface area contributed by atoms with Crippen LogP contribution in [0.4, 0.5) is 5.82 Å². The van der Waals surface area contributed by atoms with Crippen LogP contribution in [0.3, 0.4) is 0 Å². The average Bonchev–Trinajstić information content (AvgIpc) is 3.27. The molecule has 190 valence electrons. The van der Waals surface area contributed by atoms with Crippen molar-refractivity contribution in [3.63, 3.8) is 0 Å². The van der Waals surface area contributed by atoms with Gasteiger partial charge in [0.15, 0.2) is 17.4 Å². The molecule has 4 aromatic rings. The molecule has 2 heterocycles. The van der Waals surface area contributed by atoms with Gasteiger partial charge in [0.25, 0.3) is 0 Å². The van der Waals surface area contributed by atoms with Crippen molar-refractivity contribution >= 4 is 34.4 Å². The summed E-state index contributed by atoms with van der Waals surface area (Å²) < 4.78 is 6.60. The number of Topliss-reactive ketones (excluding diaryl/α,β-unsaturated/α-hetero) is 1. The molecule has 0 saturated carbocycles. The second-order valence-corrected chi connectivity index (χ2v) is 9.15. The molecule has 1 amide bonds. The molecule has 0 radical (unpaired) electrons. The van der Waals surface area contributed by atoms with Gasteiger partial charge in [-0.1, -0.05) is 41.5 Å². The number of ketones is 1. The molecule has 2 aromatic carbocycles. The van der Waals surface area contributed by atoms with Crippen LogP contribution in [0.1, 0.15) is 62.7 Å². The quantitative estimate of drug-likeness (QED) is 0.257. The number of nitrogens with zero attached hydrogens (tertiary/aromatic N) is 3. The predicted molar refractivity (Wildman–Crippen MR) is 142 cm³/mol. The monoisotopic (exact) mass is 498 g/mol. The summed E-state index contributed by atoms with van der Waals surface area (Å²) in [6.07, 6.45) is 1.33. The number of hydrogen-bond acceptors (Lipinski definition) is 6. The van der Waals surface area contributed by atoms with Crippen molar-refractivity contribution in [3.05, 3.63) is 82.0 Å². The molecule has 8 heteroatoms. The van der Waals surface area contributed by atoms with Gasteiger partial charge in [-0.2, -0.15) is 9.78 Å². The maximum Gasteiger partial charge on any atom is 0.343 e. The van der Waals surface area contributed by atoms with E-state index >= 15 is 0 Å². The molecule has 0 aliphatic rings. The van der Waals surface area contributed by atoms with Crippen LogP contribution in [0.5, 0.6) is 0 Å². The third-order valence-electron chi connectivity index (χ3n) is 6.13. The fourth-order valence-corrected chi connectivity index (χ4v) is 4.24. The van der Waals surface area contributed by atoms with E-state index in [-0.39, 0.29) is 36.6 Å². The molecule has 0 atom stereocenters. The molecule has 0 saturated heterocycles. The Labute approximate surface area is 215 Å². The molecule has 2 aromatic heterocycles. The number of amides is 1. The normalized spacial score (nSPS) is 10.9. The van der Waals surface area contributed by atoms with Gasteiger partial charge in [-0.05, 0) is 57.9 Å². The van der Waals surface area contributed by atoms with Gasteiger partial charge in [0.1, 0.15) is 5.56 Å². The summed E-state index contributed by atoms with van der Waals surface area (Å²) in [5, 5.41) is 8.16. The first-order valence-electron chi connectivity index (χ1n) is 12.2. The number of aryl methyl sites for hydroxylation is 4. The van der Waals surface area contributed by atoms with E-state index in [4.69, 9.17) is 9.72 Å². The lowest BCUT2D eigenvalue weighted by atomic mass is 10.0. The Morgan fingerprint density at radius 3 is 2.35 bits per heavy atom. The Hall–Kier alpha value is -4.33. The number of aromatic nitrogens is 3. The van der Waals surface area contributed by atoms with Crippen molar-refractivity contribution in [2.24, 2.45) is 0 Å². The van der Waals surface area contributed by atoms with Gasteiger partial charge in [0, 0.05) is 23.8 Å². The summed E-state index contributed by atoms with van der Waals surface area (Å²) in [4.78, 5) is 42.9. The van der Waals surface area contributed by atoms with E-state index in [1.54, 1.807) is 19.1 Å². The van der Waals surface area contributed by atoms with Crippen molar-refractivity contribution in [1.29, 1.82) is 0 Å². The molecule has 1 N–H and O–H groups in total. The van der Waals surface area contributed by atoms with E-state index in [0.29, 0.717) is 11.4 Å². The molecular weight excluding hydrogens is 468 g/mol. The minimum atomic E-state index is -0.607. The second-order valence-electron chi connectivity index (χ2n) is 9.15. The smallest absolute Gasteiger partial charge is 0.343 e. The lowest BCUT2D eigenvalue weighted by Crippen LogP contribution is -2.19. The highest BCUT2D eigenvalue weighted by Crippen LogP contribution is 2.27. The number of pyridine rings is 1. The Morgan fingerprint density at radius 2 is 1.65 bits per heavy atom. The van der Waals surface area contributed by atoms with Crippen LogP contribution in [0.15, 0.2) is 48.7 Å². The third kappa shape index (κ3) is 5.58. The second kappa shape index (κ2) is 10.7. The number of anilines is 1. The molecular formula is C29H30N4O4. The van der Waals surface area contributed by atoms with Crippen LogP contribution in [0, 0.1) is 27.7 Å². The Bertz CT molecular complexity index is 1500. The van der Waals surface area contributed by atoms with Gasteiger partial charge >= 0.3 is 5.97 Å². The number of carbonyl (C=O) groups is 3. The van der Waals surface area contributed by atoms with Crippen LogP contribution < -0.4 is 5.32 Å². The topological polar surface area (TPSA) is 103 Å². The summed E-state index contributed by atoms with van der Waals surface area (Å²) in [7, 11) is 0. The molecule has 0 spiro atoms. The van der Waals surface area contributed by atoms with Gasteiger partial charge < -0.3 is 10.1 Å². The van der Waals surface area contributed by atoms with Gasteiger partial charge in [-0.15, -0.1) is 0 Å². The zero-order valence-corrected chi connectivity index (χ0v) is 21.7. The number of fused-ring (bicyclic) bond motifs is 1. The first kappa shape index (κ1) is 25.8. The molecule has 0 bridgehead atoms. The minimum absolute atomic E-state index is 0.0314. The Kier molecular flexibility index (Phi) is 7.47. The number of rotatable bonds is 8. The van der Waals surface area contributed by atoms with Crippen molar-refractivity contribution < 1.29 is 19.1 Å². The number of esters is 1. The maximum atomic E-state index is 12.9. The van der Waals surface area contributed by atoms with Crippen molar-refractivity contribution in [3.8, 4) is 5.82 Å². The van der Waals surface area contributed by atoms with Crippen LogP contribution in [0.25, 0.3) is 16.7 Å². The van der Waals surface area contributed by atoms with Crippen molar-refractivity contribution in [2.75, 3.05) is 11.9 Å². The minimum Gasteiger partial charge on any atom is -0.462 e. The van der Waals surface area contributed by atoms with Crippen LogP contribution >= 0.6 is 0 Å². The van der Waals surface area contributed by atoms with Gasteiger partial charge in [0.2, 0.25) is 5.91 Å². The summed E-state index contributed by atoms with van der Waals surface area (Å²) in [5.74, 6) is -0.547. The average molecular weight is 499 g/mol. The molecule has 0 aliphatic carbocycles. The highest BCUT2D eigenvalue weighted by atomic mass is 16.5. The van der Waals surface area contributed by atoms with Crippen molar-refractivity contribution in [1.82, 2.24) is 14.8 Å². The number of hydrogen-bond donors (Lipinski definition) is 1. The lowest BCUT2D eigenvalue weighted by Gasteiger charge is -2.13. The molecule has 0 aliphatic heterocycles. The molecule has 4 rings (SSSR count). The molecule has 8 nitrogen and oxygen atoms in total. The fraction of sp³-hybridized carbons (Fsp3) is 0.276. The lowest BCUT2D eigenvalue weighted by molar-refractivity contribution is -0.116. The summed E-state index contributed by atoms with van der Waals surface area (Å²) >= 11 is 0. The van der Waals surface area contributed by atoms with Gasteiger partial charge in [-0.3, -0.25) is 9.59 Å². The van der Waals surface area contributed by atoms with E-state index < -0.39 is 11.9 Å². The number of carbonyl (C=O) groups excluding carboxylic acids is 3. The predicted octanol–water partition coefficient (Wildman–Crippen LogP) is 5.43. The van der Waals surface area contributed by atoms with E-state index in [1.165, 1.54) is 10.9 Å². The first-order valence-corrected chi connectivity index (χ1v) is 12.2. The van der Waals surface area contributed by atoms with Gasteiger partial charge in [0.05, 0.1) is 18.3 Å². The molecule has 0 fully saturated rings. The van der Waals surface area contributed by atoms with E-state index in [0.717, 1.165) is 33.2 Å². The summed E-state index contributed by atoms with van der Waals surface area (Å²) in [5.41, 5.74) is 5.67. The van der Waals surface area contributed by atoms with Crippen LogP contribution in [-0.4, -0.2) is 39.0 Å². The zero-order valence-electron chi connectivity index (χ0n) is 21.7. The maximum absolute atomic E-state index is 12.9. The number of benzene rings is 2. The summed E-state index contributed by atoms with van der Waals surface area (Å²) in [6.45, 7) is 9.84. The molecule has 37 heavy (non-hydrogen) atoms. The van der Waals surface area contributed by atoms with Crippen molar-refractivity contribution in [2.45, 2.75) is 47.5 Å². The highest BCUT2D eigenvalue weighted by molar-refractivity contribution is 6.03. The van der Waals surface area contributed by atoms with E-state index in [9.17, 15) is 14.4 Å². The van der Waals surface area contributed by atoms with Crippen LogP contribution in [0.2, 0.25) is 0 Å². The Morgan fingerprint density at radius 1 is 0.919 bits per heavy atom. The largest absolute Gasteiger partial charge is 0.462 e. The first-order chi connectivity index (χ1) is 17.7. The van der Waals surface area contributed by atoms with Gasteiger partial charge in [-0.25, -0.2) is 9.78 Å². The fourth-order valence-electron chi connectivity index (χ4n) is 4.24. The molecule has 0 unspecified atom stereocenters. The van der Waals surface area contributed by atoms with E-state index in [2.05, 4.69) is 22.5 Å². The SMILES string of the molecule is CCOC(=O)c1cnn(-c2cc(C)c3cc(C)cc(C)c3n2)c1NC(=O)CCC(=O)c1ccc(C)cc1. The standard InChI is InChI=1S/C29H30N4O4/c1-6-37-29(36)23-16-30-33(25-15-19(4)22-14-18(3)13-20(5)27(22)31-25)28(23)32-26(35)12-11-24(34)21-9-7-17(2)8-10-21/h7-10,13-16H,6,11-12H2,1-5H3,(H,32,35). The number of ether oxygens (including phenoxy) is 1. The highest BCUT2D eigenvalue weighted by Gasteiger charge is 2.23. The number of nitrogens with one attached hydrogen (secondary N) is 1. The van der Waals surface area contributed by atoms with Crippen LogP contribution in [-0.2, 0) is 9.53 Å². The zero-order chi connectivity index (χ0) is 26.7.